The van der Waals surface area contributed by atoms with Crippen LogP contribution in [0.15, 0.2) is 176 Å². The number of fused-ring (bicyclic) bond motifs is 11. The minimum atomic E-state index is 0.500. The summed E-state index contributed by atoms with van der Waals surface area (Å²) in [7, 11) is 0. The number of hydrogen-bond donors (Lipinski definition) is 1. The lowest BCUT2D eigenvalue weighted by Crippen LogP contribution is -2.02. The predicted octanol–water partition coefficient (Wildman–Crippen LogP) is 15.8. The zero-order chi connectivity index (χ0) is 40.5. The van der Waals surface area contributed by atoms with Gasteiger partial charge in [-0.15, -0.1) is 11.3 Å². The van der Waals surface area contributed by atoms with Crippen molar-refractivity contribution in [2.24, 2.45) is 5.41 Å². The van der Waals surface area contributed by atoms with E-state index in [0.29, 0.717) is 11.4 Å². The highest BCUT2D eigenvalue weighted by Crippen LogP contribution is 2.42. The monoisotopic (exact) mass is 790 g/mol. The lowest BCUT2D eigenvalue weighted by Gasteiger charge is -2.10. The van der Waals surface area contributed by atoms with Gasteiger partial charge >= 0.3 is 0 Å². The van der Waals surface area contributed by atoms with Crippen LogP contribution in [0.1, 0.15) is 27.7 Å². The van der Waals surface area contributed by atoms with Gasteiger partial charge in [-0.2, -0.15) is 0 Å². The number of nitrogens with one attached hydrogen (secondary N) is 1. The van der Waals surface area contributed by atoms with E-state index in [1.807, 2.05) is 0 Å². The Morgan fingerprint density at radius 2 is 1.03 bits per heavy atom. The molecule has 60 heavy (non-hydrogen) atoms. The number of rotatable bonds is 4. The average molecular weight is 791 g/mol. The summed E-state index contributed by atoms with van der Waals surface area (Å²) in [5.41, 5.74) is 11.5. The summed E-state index contributed by atoms with van der Waals surface area (Å²) >= 11 is 1.75. The molecule has 0 aliphatic heterocycles. The number of H-pyrrole nitrogens is 1. The third kappa shape index (κ3) is 6.21. The van der Waals surface area contributed by atoms with E-state index in [9.17, 15) is 0 Å². The quantitative estimate of drug-likeness (QED) is 0.193. The van der Waals surface area contributed by atoms with Crippen LogP contribution in [0.3, 0.4) is 0 Å². The van der Waals surface area contributed by atoms with Gasteiger partial charge in [-0.25, -0.2) is 9.97 Å². The Bertz CT molecular complexity index is 3580. The molecule has 0 atom stereocenters. The third-order valence-corrected chi connectivity index (χ3v) is 12.3. The first-order chi connectivity index (χ1) is 29.2. The second-order valence-electron chi connectivity index (χ2n) is 17.3. The van der Waals surface area contributed by atoms with E-state index in [1.54, 1.807) is 11.3 Å². The Hall–Kier alpha value is -7.08. The molecule has 0 fully saturated rings. The molecule has 0 amide bonds. The summed E-state index contributed by atoms with van der Waals surface area (Å²) in [5, 5.41) is 9.81. The molecule has 1 N–H and O–H groups in total. The van der Waals surface area contributed by atoms with Gasteiger partial charge < -0.3 is 4.98 Å². The number of benzene rings is 8. The Balaban J connectivity index is 0.000000774. The molecule has 0 radical (unpaired) electrons. The molecule has 0 unspecified atom stereocenters. The van der Waals surface area contributed by atoms with Crippen LogP contribution in [0.2, 0.25) is 0 Å². The lowest BCUT2D eigenvalue weighted by atomic mass is 9.98. The summed E-state index contributed by atoms with van der Waals surface area (Å²) in [6.07, 6.45) is 0. The molecule has 0 bridgehead atoms. The van der Waals surface area contributed by atoms with Crippen LogP contribution in [0.5, 0.6) is 0 Å². The van der Waals surface area contributed by atoms with Crippen molar-refractivity contribution in [2.45, 2.75) is 27.7 Å². The van der Waals surface area contributed by atoms with Crippen LogP contribution >= 0.6 is 11.3 Å². The van der Waals surface area contributed by atoms with Gasteiger partial charge in [-0.05, 0) is 86.1 Å². The molecule has 12 aromatic rings. The molecular formula is C55H42N4S. The minimum Gasteiger partial charge on any atom is -0.354 e. The zero-order valence-electron chi connectivity index (χ0n) is 34.0. The first-order valence-electron chi connectivity index (χ1n) is 20.6. The van der Waals surface area contributed by atoms with Gasteiger partial charge in [0.05, 0.1) is 26.9 Å². The Morgan fingerprint density at radius 1 is 0.467 bits per heavy atom. The highest BCUT2D eigenvalue weighted by atomic mass is 32.1. The molecule has 0 saturated carbocycles. The number of hydrogen-bond acceptors (Lipinski definition) is 3. The minimum absolute atomic E-state index is 0.500. The fraction of sp³-hybridized carbons (Fsp3) is 0.0909. The highest BCUT2D eigenvalue weighted by Gasteiger charge is 2.21. The van der Waals surface area contributed by atoms with E-state index >= 15 is 0 Å². The predicted molar refractivity (Wildman–Crippen MR) is 258 cm³/mol. The van der Waals surface area contributed by atoms with E-state index in [2.05, 4.69) is 213 Å². The summed E-state index contributed by atoms with van der Waals surface area (Å²) in [6.45, 7) is 8.75. The second kappa shape index (κ2) is 14.0. The van der Waals surface area contributed by atoms with Gasteiger partial charge in [0, 0.05) is 43.0 Å². The van der Waals surface area contributed by atoms with Crippen molar-refractivity contribution in [3.63, 3.8) is 0 Å². The van der Waals surface area contributed by atoms with E-state index in [1.165, 1.54) is 64.7 Å². The maximum Gasteiger partial charge on any atom is 0.235 e. The average Bonchev–Trinajstić information content (AvgIpc) is 3.98. The van der Waals surface area contributed by atoms with Crippen LogP contribution in [0.25, 0.3) is 114 Å². The summed E-state index contributed by atoms with van der Waals surface area (Å²) in [4.78, 5) is 15.6. The number of nitrogens with zero attached hydrogens (tertiary/aromatic N) is 3. The molecule has 5 heteroatoms. The van der Waals surface area contributed by atoms with Gasteiger partial charge in [-0.3, -0.25) is 4.57 Å². The molecule has 4 nitrogen and oxygen atoms in total. The highest BCUT2D eigenvalue weighted by molar-refractivity contribution is 7.22. The van der Waals surface area contributed by atoms with Gasteiger partial charge in [0.25, 0.3) is 0 Å². The largest absolute Gasteiger partial charge is 0.354 e. The Labute approximate surface area is 352 Å². The van der Waals surface area contributed by atoms with Gasteiger partial charge in [0.15, 0.2) is 0 Å². The molecule has 4 aromatic heterocycles. The van der Waals surface area contributed by atoms with Crippen molar-refractivity contribution in [3.8, 4) is 38.8 Å². The topological polar surface area (TPSA) is 46.5 Å². The Morgan fingerprint density at radius 3 is 1.75 bits per heavy atom. The summed E-state index contributed by atoms with van der Waals surface area (Å²) in [6, 6.07) is 63.2. The third-order valence-electron chi connectivity index (χ3n) is 11.1. The first-order valence-corrected chi connectivity index (χ1v) is 21.4. The zero-order valence-corrected chi connectivity index (χ0v) is 34.8. The molecule has 12 rings (SSSR count). The lowest BCUT2D eigenvalue weighted by molar-refractivity contribution is 0.469. The van der Waals surface area contributed by atoms with E-state index in [4.69, 9.17) is 9.97 Å². The molecule has 4 heterocycles. The normalized spacial score (nSPS) is 12.0. The molecule has 8 aromatic carbocycles. The van der Waals surface area contributed by atoms with Crippen LogP contribution in [-0.2, 0) is 0 Å². The Kier molecular flexibility index (Phi) is 8.43. The van der Waals surface area contributed by atoms with Crippen molar-refractivity contribution in [2.75, 3.05) is 0 Å². The van der Waals surface area contributed by atoms with Crippen molar-refractivity contribution < 1.29 is 0 Å². The van der Waals surface area contributed by atoms with E-state index < -0.39 is 0 Å². The van der Waals surface area contributed by atoms with Gasteiger partial charge in [0.2, 0.25) is 5.95 Å². The molecule has 288 valence electrons. The summed E-state index contributed by atoms with van der Waals surface area (Å²) < 4.78 is 3.35. The van der Waals surface area contributed by atoms with Crippen molar-refractivity contribution in [1.82, 2.24) is 19.5 Å². The van der Waals surface area contributed by atoms with E-state index in [-0.39, 0.29) is 0 Å². The van der Waals surface area contributed by atoms with E-state index in [0.717, 1.165) is 43.5 Å². The molecule has 0 aliphatic rings. The molecule has 0 spiro atoms. The molecular weight excluding hydrogens is 749 g/mol. The standard InChI is InChI=1S/C50H30N4S.C5H12/c1-3-13-32(14-4-1)45-29-42-49(55-45)48(33-15-5-2-6-16-33)53-50(52-42)54-43-25-22-35(28-39(43)47-37-18-10-8-12-31(37)21-26-44(47)54)34-20-23-40-38(27-34)46-36-17-9-7-11-30(36)19-24-41(46)51-40;1-5(2,3)4/h1-29,51H;1-4H3. The fourth-order valence-electron chi connectivity index (χ4n) is 8.59. The van der Waals surface area contributed by atoms with Crippen LogP contribution in [-0.4, -0.2) is 19.5 Å². The van der Waals surface area contributed by atoms with Crippen molar-refractivity contribution in [1.29, 1.82) is 0 Å². The van der Waals surface area contributed by atoms with Crippen LogP contribution in [0.4, 0.5) is 0 Å². The van der Waals surface area contributed by atoms with Crippen molar-refractivity contribution in [3.05, 3.63) is 176 Å². The molecule has 0 saturated heterocycles. The maximum atomic E-state index is 5.42. The van der Waals surface area contributed by atoms with Gasteiger partial charge in [0.1, 0.15) is 0 Å². The number of aromatic amines is 1. The first kappa shape index (κ1) is 36.0. The van der Waals surface area contributed by atoms with Crippen LogP contribution in [0, 0.1) is 5.41 Å². The second-order valence-corrected chi connectivity index (χ2v) is 18.3. The number of aromatic nitrogens is 4. The fourth-order valence-corrected chi connectivity index (χ4v) is 9.70. The smallest absolute Gasteiger partial charge is 0.235 e. The van der Waals surface area contributed by atoms with Gasteiger partial charge in [-0.1, -0.05) is 161 Å². The maximum absolute atomic E-state index is 5.42. The molecule has 0 aliphatic carbocycles. The number of thiophene rings is 1. The van der Waals surface area contributed by atoms with Crippen LogP contribution < -0.4 is 0 Å². The summed E-state index contributed by atoms with van der Waals surface area (Å²) in [5.74, 6) is 0.666. The van der Waals surface area contributed by atoms with Crippen molar-refractivity contribution >= 4 is 86.7 Å². The SMILES string of the molecule is CC(C)(C)C.c1ccc(-c2cc3nc(-n4c5ccc(-c6ccc7[nH]c8ccc9ccccc9c8c7c6)cc5c5c6ccccc6ccc54)nc(-c4ccccc4)c3s2)cc1.